The number of hydrogen-bond acceptors (Lipinski definition) is 16. The molecular formula is C58H59F6N15O3. The molecule has 0 aliphatic carbocycles. The number of piperazine rings is 1. The van der Waals surface area contributed by atoms with Crippen LogP contribution in [0.3, 0.4) is 0 Å². The minimum atomic E-state index is -4.57. The van der Waals surface area contributed by atoms with Gasteiger partial charge in [-0.2, -0.15) is 26.3 Å². The first-order chi connectivity index (χ1) is 40.6. The van der Waals surface area contributed by atoms with E-state index in [2.05, 4.69) is 66.3 Å². The number of likely N-dealkylation sites (N-methyl/N-ethyl adjacent to an activating group) is 1. The van der Waals surface area contributed by atoms with Gasteiger partial charge in [0.2, 0.25) is 0 Å². The van der Waals surface area contributed by atoms with Crippen molar-refractivity contribution < 1.29 is 44.8 Å². The Morgan fingerprint density at radius 1 is 0.610 bits per heavy atom. The molecule has 3 fully saturated rings. The molecule has 3 aliphatic rings. The zero-order chi connectivity index (χ0) is 60.0. The van der Waals surface area contributed by atoms with Gasteiger partial charge in [0.05, 0.1) is 71.4 Å². The average molecular weight is 1130 g/mol. The van der Waals surface area contributed by atoms with Gasteiger partial charge < -0.3 is 19.4 Å². The van der Waals surface area contributed by atoms with E-state index >= 15 is 0 Å². The number of hydrogen-bond donors (Lipinski definition) is 0. The van der Waals surface area contributed by atoms with Crippen LogP contribution >= 0.6 is 0 Å². The van der Waals surface area contributed by atoms with Gasteiger partial charge in [-0.1, -0.05) is 22.6 Å². The number of rotatable bonds is 14. The number of benzene rings is 1. The molecule has 0 spiro atoms. The lowest BCUT2D eigenvalue weighted by Crippen LogP contribution is -2.44. The molecule has 426 valence electrons. The third-order valence-electron chi connectivity index (χ3n) is 14.6. The van der Waals surface area contributed by atoms with Crippen LogP contribution in [0.5, 0.6) is 0 Å². The Morgan fingerprint density at radius 3 is 1.70 bits per heavy atom. The number of pyridine rings is 5. The lowest BCUT2D eigenvalue weighted by Gasteiger charge is -2.37. The van der Waals surface area contributed by atoms with Gasteiger partial charge in [-0.25, -0.2) is 9.36 Å². The first kappa shape index (κ1) is 53.0. The summed E-state index contributed by atoms with van der Waals surface area (Å²) in [6, 6.07) is 16.4. The van der Waals surface area contributed by atoms with Gasteiger partial charge in [0.15, 0.2) is 11.6 Å². The van der Waals surface area contributed by atoms with Crippen LogP contribution in [0.1, 0.15) is 71.6 Å². The molecule has 11 rings (SSSR count). The number of alkyl halides is 6. The molecule has 0 saturated carbocycles. The van der Waals surface area contributed by atoms with E-state index in [1.54, 1.807) is 42.3 Å². The summed E-state index contributed by atoms with van der Waals surface area (Å²) in [5, 5.41) is 17.2. The van der Waals surface area contributed by atoms with Crippen LogP contribution in [-0.2, 0) is 29.9 Å². The lowest BCUT2D eigenvalue weighted by atomic mass is 9.95. The van der Waals surface area contributed by atoms with Crippen molar-refractivity contribution >= 4 is 22.9 Å². The van der Waals surface area contributed by atoms with Gasteiger partial charge in [-0.3, -0.25) is 39.4 Å². The van der Waals surface area contributed by atoms with Crippen molar-refractivity contribution in [2.75, 3.05) is 88.9 Å². The van der Waals surface area contributed by atoms with E-state index in [4.69, 9.17) is 8.85 Å². The summed E-state index contributed by atoms with van der Waals surface area (Å²) in [4.78, 5) is 54.9. The second-order valence-corrected chi connectivity index (χ2v) is 20.3. The van der Waals surface area contributed by atoms with Crippen LogP contribution in [0.2, 0.25) is 0 Å². The van der Waals surface area contributed by atoms with Crippen LogP contribution in [0.4, 0.5) is 37.7 Å². The predicted octanol–water partition coefficient (Wildman–Crippen LogP) is 8.65. The quantitative estimate of drug-likeness (QED) is 0.0744. The molecule has 8 aromatic rings. The van der Waals surface area contributed by atoms with Crippen LogP contribution in [-0.4, -0.2) is 155 Å². The number of ether oxygens (including phenoxy) is 1. The van der Waals surface area contributed by atoms with Gasteiger partial charge in [-0.05, 0) is 105 Å². The largest absolute Gasteiger partial charge is 0.416 e. The van der Waals surface area contributed by atoms with Crippen LogP contribution in [0.15, 0.2) is 116 Å². The van der Waals surface area contributed by atoms with E-state index < -0.39 is 42.0 Å². The topological polar surface area (TPSA) is 182 Å². The minimum Gasteiger partial charge on any atom is -0.379 e. The van der Waals surface area contributed by atoms with E-state index in [0.29, 0.717) is 77.4 Å². The Kier molecular flexibility index (Phi) is 16.0. The number of ketones is 2. The normalized spacial score (nSPS) is 16.5. The maximum absolute atomic E-state index is 13.1. The summed E-state index contributed by atoms with van der Waals surface area (Å²) < 4.78 is 110. The summed E-state index contributed by atoms with van der Waals surface area (Å²) in [5.41, 5.74) is 5.97. The second kappa shape index (κ2) is 24.8. The number of aryl methyl sites for hydroxylation is 2. The second-order valence-electron chi connectivity index (χ2n) is 20.3. The summed E-state index contributed by atoms with van der Waals surface area (Å²) in [5.74, 6) is -0.423. The molecule has 82 heavy (non-hydrogen) atoms. The van der Waals surface area contributed by atoms with Crippen molar-refractivity contribution in [3.8, 4) is 33.9 Å². The molecule has 3 saturated heterocycles. The van der Waals surface area contributed by atoms with Crippen molar-refractivity contribution in [2.24, 2.45) is 5.92 Å². The first-order valence-corrected chi connectivity index (χ1v) is 26.6. The van der Waals surface area contributed by atoms with Gasteiger partial charge in [0, 0.05) is 124 Å². The highest BCUT2D eigenvalue weighted by atomic mass is 19.4. The van der Waals surface area contributed by atoms with Gasteiger partial charge in [0.25, 0.3) is 0 Å². The number of morpholine rings is 1. The van der Waals surface area contributed by atoms with E-state index in [1.807, 2.05) is 37.4 Å². The molecule has 0 amide bonds. The summed E-state index contributed by atoms with van der Waals surface area (Å²) in [7, 11) is 0. The highest BCUT2D eigenvalue weighted by Crippen LogP contribution is 2.32. The Bertz CT molecular complexity index is 3650. The Hall–Kier alpha value is -8.35. The Labute approximate surface area is 473 Å². The number of piperidine rings is 1. The number of carbonyl (C=O) groups is 2. The fourth-order valence-corrected chi connectivity index (χ4v) is 9.97. The zero-order valence-electron chi connectivity index (χ0n) is 47.9. The smallest absolute Gasteiger partial charge is 0.379 e. The molecule has 0 bridgehead atoms. The number of anilines is 2. The van der Waals surface area contributed by atoms with Crippen LogP contribution in [0, 0.1) is 19.8 Å². The molecule has 3 aliphatic heterocycles. The zero-order valence-corrected chi connectivity index (χ0v) is 44.9. The van der Waals surface area contributed by atoms with Crippen molar-refractivity contribution in [1.29, 1.82) is 0 Å². The fraction of sp³-hybridized carbons (Fsp3) is 0.362. The monoisotopic (exact) mass is 1130 g/mol. The number of nitrogens with zero attached hydrogens (tertiary/aromatic N) is 15. The Balaban J connectivity index is 0.000000190. The maximum Gasteiger partial charge on any atom is 0.416 e. The molecule has 0 unspecified atom stereocenters. The molecule has 0 N–H and O–H groups in total. The molecule has 24 heteroatoms. The third-order valence-corrected chi connectivity index (χ3v) is 14.6. The van der Waals surface area contributed by atoms with Gasteiger partial charge in [0.1, 0.15) is 22.8 Å². The van der Waals surface area contributed by atoms with Crippen molar-refractivity contribution in [2.45, 2.75) is 51.9 Å². The van der Waals surface area contributed by atoms with Crippen LogP contribution < -0.4 is 9.80 Å². The first-order valence-electron chi connectivity index (χ1n) is 28.1. The molecule has 7 aromatic heterocycles. The number of halogens is 6. The average Bonchev–Trinajstić information content (AvgIpc) is 4.40. The molecule has 0 atom stereocenters. The highest BCUT2D eigenvalue weighted by Gasteiger charge is 2.33. The van der Waals surface area contributed by atoms with E-state index in [-0.39, 0.29) is 24.2 Å². The van der Waals surface area contributed by atoms with Crippen molar-refractivity contribution in [3.05, 3.63) is 161 Å². The predicted molar refractivity (Wildman–Crippen MR) is 293 cm³/mol. The number of aromatic nitrogens is 11. The lowest BCUT2D eigenvalue weighted by molar-refractivity contribution is -0.138. The summed E-state index contributed by atoms with van der Waals surface area (Å²) in [6.07, 6.45) is 4.91. The molecule has 0 radical (unpaired) electrons. The van der Waals surface area contributed by atoms with E-state index in [1.165, 1.54) is 22.0 Å². The van der Waals surface area contributed by atoms with Crippen molar-refractivity contribution in [1.82, 2.24) is 64.7 Å². The fourth-order valence-electron chi connectivity index (χ4n) is 9.97. The summed E-state index contributed by atoms with van der Waals surface area (Å²) >= 11 is 0. The van der Waals surface area contributed by atoms with Crippen molar-refractivity contribution in [3.63, 3.8) is 0 Å². The van der Waals surface area contributed by atoms with E-state index in [0.717, 1.165) is 118 Å². The number of carbonyl (C=O) groups excluding carboxylic acids is 2. The molecule has 1 aromatic carbocycles. The Morgan fingerprint density at radius 2 is 1.15 bits per heavy atom. The molecular weight excluding hydrogens is 1070 g/mol. The SMILES string of the molecule is Cc1ncc(CC(=O)c2cc(C(F)(F)F)ccn2)cc1-n1cc(-c2cncc(N3CCC(CN4CCOCC4)CC3)c2)nn1.[2H]C([2H])([2H])N1CCN(c2cccc(-c3cn(-c4cc(CC(=O)c5cc(C(F)(F)F)ccn5)cnc4C)nn3)c2)CC1. The molecule has 10 heterocycles. The van der Waals surface area contributed by atoms with E-state index in [9.17, 15) is 35.9 Å². The third kappa shape index (κ3) is 14.0. The minimum absolute atomic E-state index is 0.161. The van der Waals surface area contributed by atoms with Gasteiger partial charge in [-0.15, -0.1) is 10.2 Å². The highest BCUT2D eigenvalue weighted by molar-refractivity contribution is 5.96. The maximum atomic E-state index is 13.1. The van der Waals surface area contributed by atoms with Gasteiger partial charge >= 0.3 is 12.4 Å². The van der Waals surface area contributed by atoms with Crippen LogP contribution in [0.25, 0.3) is 33.9 Å². The number of Topliss-reactive ketones (excluding diaryl/α,β-unsaturated/α-hetero) is 2. The standard InChI is InChI=1S/C31H33F3N8O2.C27H26F3N7O/c1-21-29(12-23(16-37-21)13-30(43)27-15-25(2-5-36-27)31(32,33)34)42-20-28(38-39-42)24-14-26(18-35-17-24)41-6-3-22(4-7-41)19-40-8-10-44-11-9-40;1-18-25(12-19(16-32-18)13-26(38)23-15-21(6-7-31-23)27(28,29)30)37-17-24(33-34-37)20-4-3-5-22(14-20)36-10-8-35(2)9-11-36/h2,5,12,14-18,20,22H,3-4,6-11,13,19H2,1H3;3-7,12,14-17H,8-11,13H2,1-2H3/i;2D3. The molecule has 18 nitrogen and oxygen atoms in total. The summed E-state index contributed by atoms with van der Waals surface area (Å²) in [6.45, 7) is 10.3.